The van der Waals surface area contributed by atoms with Gasteiger partial charge < -0.3 is 15.3 Å². The van der Waals surface area contributed by atoms with Gasteiger partial charge in [0.05, 0.1) is 24.9 Å². The molecule has 0 aliphatic rings. The summed E-state index contributed by atoms with van der Waals surface area (Å²) in [7, 11) is 0. The lowest BCUT2D eigenvalue weighted by Gasteiger charge is -2.21. The first-order valence-electron chi connectivity index (χ1n) is 11.7. The van der Waals surface area contributed by atoms with E-state index in [1.54, 1.807) is 0 Å². The molecule has 3 atom stereocenters. The van der Waals surface area contributed by atoms with Crippen LogP contribution in [-0.4, -0.2) is 40.2 Å². The minimum atomic E-state index is -1.20. The maximum Gasteiger partial charge on any atom is 0.0905 e. The fourth-order valence-corrected chi connectivity index (χ4v) is 3.61. The molecule has 0 aromatic rings. The van der Waals surface area contributed by atoms with Crippen molar-refractivity contribution < 1.29 is 15.3 Å². The molecule has 0 unspecified atom stereocenters. The molecule has 0 spiro atoms. The molecule has 166 valence electrons. The van der Waals surface area contributed by atoms with Gasteiger partial charge in [0, 0.05) is 4.91 Å². The maximum atomic E-state index is 9.92. The van der Waals surface area contributed by atoms with Crippen molar-refractivity contribution in [1.29, 1.82) is 0 Å². The second-order valence-electron chi connectivity index (χ2n) is 8.10. The van der Waals surface area contributed by atoms with E-state index in [2.05, 4.69) is 16.9 Å². The van der Waals surface area contributed by atoms with E-state index < -0.39 is 24.9 Å². The first-order chi connectivity index (χ1) is 13.7. The fraction of sp³-hybridized carbons (Fsp3) is 1.00. The lowest BCUT2D eigenvalue weighted by atomic mass is 10.00. The van der Waals surface area contributed by atoms with Crippen LogP contribution in [0.25, 0.3) is 10.4 Å². The summed E-state index contributed by atoms with van der Waals surface area (Å²) in [5.41, 5.74) is 8.38. The van der Waals surface area contributed by atoms with Crippen LogP contribution in [0.3, 0.4) is 0 Å². The molecular weight excluding hydrogens is 354 g/mol. The van der Waals surface area contributed by atoms with E-state index in [1.165, 1.54) is 83.5 Å². The average Bonchev–Trinajstić information content (AvgIpc) is 2.71. The topological polar surface area (TPSA) is 109 Å². The van der Waals surface area contributed by atoms with Crippen molar-refractivity contribution in [2.24, 2.45) is 5.11 Å². The Balaban J connectivity index is 3.36. The van der Waals surface area contributed by atoms with Gasteiger partial charge in [0.25, 0.3) is 0 Å². The van der Waals surface area contributed by atoms with Crippen molar-refractivity contribution in [3.05, 3.63) is 10.4 Å². The zero-order valence-electron chi connectivity index (χ0n) is 18.1. The standard InChI is InChI=1S/C22H45N3O3/c1-2-3-4-5-6-7-8-9-10-11-12-13-14-15-16-17-18-21(27)22(28)20(19-26)24-25-23/h20-22,26-28H,2-19H2,1H3/t20-,21+,22-/m0/s1. The summed E-state index contributed by atoms with van der Waals surface area (Å²) in [4.78, 5) is 2.58. The SMILES string of the molecule is CCCCCCCCCCCCCCCCCC[C@@H](O)[C@@H](O)[C@H](CO)N=[N+]=[N-]. The van der Waals surface area contributed by atoms with Crippen LogP contribution in [0.1, 0.15) is 116 Å². The maximum absolute atomic E-state index is 9.92. The lowest BCUT2D eigenvalue weighted by molar-refractivity contribution is -0.0120. The van der Waals surface area contributed by atoms with Gasteiger partial charge in [0.15, 0.2) is 0 Å². The third-order valence-electron chi connectivity index (χ3n) is 5.53. The molecule has 3 N–H and O–H groups in total. The van der Waals surface area contributed by atoms with Gasteiger partial charge in [-0.05, 0) is 12.0 Å². The third kappa shape index (κ3) is 16.2. The molecule has 0 heterocycles. The predicted molar refractivity (Wildman–Crippen MR) is 116 cm³/mol. The third-order valence-corrected chi connectivity index (χ3v) is 5.53. The zero-order valence-corrected chi connectivity index (χ0v) is 18.1. The Morgan fingerprint density at radius 1 is 0.714 bits per heavy atom. The Kier molecular flexibility index (Phi) is 20.3. The monoisotopic (exact) mass is 399 g/mol. The molecular formula is C22H45N3O3. The van der Waals surface area contributed by atoms with Gasteiger partial charge >= 0.3 is 0 Å². The molecule has 0 aromatic carbocycles. The van der Waals surface area contributed by atoms with E-state index in [-0.39, 0.29) is 0 Å². The summed E-state index contributed by atoms with van der Waals surface area (Å²) in [6.07, 6.45) is 19.1. The van der Waals surface area contributed by atoms with Gasteiger partial charge in [-0.25, -0.2) is 0 Å². The van der Waals surface area contributed by atoms with Gasteiger partial charge in [-0.2, -0.15) is 0 Å². The number of nitrogens with zero attached hydrogens (tertiary/aromatic N) is 3. The van der Waals surface area contributed by atoms with Gasteiger partial charge in [0.2, 0.25) is 0 Å². The Bertz CT molecular complexity index is 376. The number of hydrogen-bond acceptors (Lipinski definition) is 4. The summed E-state index contributed by atoms with van der Waals surface area (Å²) in [5.74, 6) is 0. The Labute approximate surface area is 172 Å². The Hall–Kier alpha value is -0.810. The highest BCUT2D eigenvalue weighted by atomic mass is 16.3. The second kappa shape index (κ2) is 20.9. The van der Waals surface area contributed by atoms with Crippen LogP contribution in [0, 0.1) is 0 Å². The van der Waals surface area contributed by atoms with Crippen molar-refractivity contribution in [2.75, 3.05) is 6.61 Å². The summed E-state index contributed by atoms with van der Waals surface area (Å²) < 4.78 is 0. The smallest absolute Gasteiger partial charge is 0.0905 e. The van der Waals surface area contributed by atoms with E-state index >= 15 is 0 Å². The van der Waals surface area contributed by atoms with Gasteiger partial charge in [-0.15, -0.1) is 0 Å². The number of rotatable bonds is 21. The average molecular weight is 400 g/mol. The first-order valence-corrected chi connectivity index (χ1v) is 11.7. The zero-order chi connectivity index (χ0) is 20.9. The Morgan fingerprint density at radius 3 is 1.46 bits per heavy atom. The molecule has 0 fully saturated rings. The number of unbranched alkanes of at least 4 members (excludes halogenated alkanes) is 15. The van der Waals surface area contributed by atoms with E-state index in [0.717, 1.165) is 19.3 Å². The minimum Gasteiger partial charge on any atom is -0.396 e. The molecule has 0 radical (unpaired) electrons. The number of azide groups is 1. The molecule has 6 nitrogen and oxygen atoms in total. The van der Waals surface area contributed by atoms with E-state index in [0.29, 0.717) is 6.42 Å². The summed E-state index contributed by atoms with van der Waals surface area (Å²) in [6, 6.07) is -0.971. The predicted octanol–water partition coefficient (Wildman–Crippen LogP) is 6.03. The molecule has 0 aromatic heterocycles. The van der Waals surface area contributed by atoms with E-state index in [1.807, 2.05) is 0 Å². The van der Waals surface area contributed by atoms with Crippen LogP contribution in [0.4, 0.5) is 0 Å². The molecule has 0 aliphatic heterocycles. The van der Waals surface area contributed by atoms with E-state index in [9.17, 15) is 10.2 Å². The van der Waals surface area contributed by atoms with Crippen LogP contribution in [0.5, 0.6) is 0 Å². The van der Waals surface area contributed by atoms with E-state index in [4.69, 9.17) is 10.6 Å². The molecule has 0 saturated carbocycles. The van der Waals surface area contributed by atoms with Crippen LogP contribution < -0.4 is 0 Å². The summed E-state index contributed by atoms with van der Waals surface area (Å²) in [5, 5.41) is 32.1. The summed E-state index contributed by atoms with van der Waals surface area (Å²) in [6.45, 7) is 1.81. The molecule has 0 amide bonds. The van der Waals surface area contributed by atoms with Gasteiger partial charge in [-0.1, -0.05) is 115 Å². The van der Waals surface area contributed by atoms with Crippen molar-refractivity contribution >= 4 is 0 Å². The highest BCUT2D eigenvalue weighted by Gasteiger charge is 2.24. The van der Waals surface area contributed by atoms with Crippen LogP contribution in [-0.2, 0) is 0 Å². The largest absolute Gasteiger partial charge is 0.396 e. The molecule has 0 saturated heterocycles. The highest BCUT2D eigenvalue weighted by Crippen LogP contribution is 2.15. The van der Waals surface area contributed by atoms with Gasteiger partial charge in [-0.3, -0.25) is 0 Å². The van der Waals surface area contributed by atoms with Gasteiger partial charge in [0.1, 0.15) is 0 Å². The minimum absolute atomic E-state index is 0.457. The van der Waals surface area contributed by atoms with Crippen molar-refractivity contribution in [3.63, 3.8) is 0 Å². The number of hydrogen-bond donors (Lipinski definition) is 3. The quantitative estimate of drug-likeness (QED) is 0.0948. The van der Waals surface area contributed by atoms with Crippen LogP contribution >= 0.6 is 0 Å². The summed E-state index contributed by atoms with van der Waals surface area (Å²) >= 11 is 0. The van der Waals surface area contributed by atoms with Crippen molar-refractivity contribution in [2.45, 2.75) is 134 Å². The van der Waals surface area contributed by atoms with Crippen molar-refractivity contribution in [3.8, 4) is 0 Å². The highest BCUT2D eigenvalue weighted by molar-refractivity contribution is 4.81. The molecule has 28 heavy (non-hydrogen) atoms. The lowest BCUT2D eigenvalue weighted by Crippen LogP contribution is -2.38. The molecule has 0 rings (SSSR count). The molecule has 0 bridgehead atoms. The van der Waals surface area contributed by atoms with Crippen LogP contribution in [0.2, 0.25) is 0 Å². The fourth-order valence-electron chi connectivity index (χ4n) is 3.61. The molecule has 0 aliphatic carbocycles. The second-order valence-corrected chi connectivity index (χ2v) is 8.10. The number of aliphatic hydroxyl groups is 3. The first kappa shape index (κ1) is 27.2. The number of aliphatic hydroxyl groups excluding tert-OH is 3. The Morgan fingerprint density at radius 2 is 1.11 bits per heavy atom. The van der Waals surface area contributed by atoms with Crippen molar-refractivity contribution in [1.82, 2.24) is 0 Å². The normalized spacial score (nSPS) is 14.4. The van der Waals surface area contributed by atoms with Crippen LogP contribution in [0.15, 0.2) is 5.11 Å². The molecule has 6 heteroatoms.